The summed E-state index contributed by atoms with van der Waals surface area (Å²) < 4.78 is 0. The van der Waals surface area contributed by atoms with Gasteiger partial charge in [0, 0.05) is 18.8 Å². The molecule has 2 rings (SSSR count). The van der Waals surface area contributed by atoms with Crippen molar-refractivity contribution in [2.75, 3.05) is 12.3 Å². The highest BCUT2D eigenvalue weighted by Gasteiger charge is 2.08. The largest absolute Gasteiger partial charge is 0.399 e. The van der Waals surface area contributed by atoms with Crippen LogP contribution in [-0.2, 0) is 13.1 Å². The van der Waals surface area contributed by atoms with Gasteiger partial charge < -0.3 is 5.73 Å². The number of nitrogen functional groups attached to an aromatic ring is 1. The number of hydrogen-bond donors (Lipinski definition) is 1. The SMILES string of the molecule is CCCN(Cc1cccc(N)c1)Cc1cc(C)ccc1C. The zero-order valence-corrected chi connectivity index (χ0v) is 13.4. The van der Waals surface area contributed by atoms with Crippen LogP contribution in [0.1, 0.15) is 35.6 Å². The summed E-state index contributed by atoms with van der Waals surface area (Å²) in [5.74, 6) is 0. The number of nitrogens with zero attached hydrogens (tertiary/aromatic N) is 1. The minimum Gasteiger partial charge on any atom is -0.399 e. The van der Waals surface area contributed by atoms with E-state index >= 15 is 0 Å². The van der Waals surface area contributed by atoms with Crippen molar-refractivity contribution in [3.05, 3.63) is 64.7 Å². The van der Waals surface area contributed by atoms with Crippen LogP contribution in [-0.4, -0.2) is 11.4 Å². The van der Waals surface area contributed by atoms with Crippen LogP contribution in [0, 0.1) is 13.8 Å². The van der Waals surface area contributed by atoms with Gasteiger partial charge >= 0.3 is 0 Å². The van der Waals surface area contributed by atoms with Crippen molar-refractivity contribution >= 4 is 5.69 Å². The molecule has 2 aromatic rings. The topological polar surface area (TPSA) is 29.3 Å². The molecule has 2 aromatic carbocycles. The Bertz CT molecular complexity index is 590. The summed E-state index contributed by atoms with van der Waals surface area (Å²) in [6.45, 7) is 9.63. The molecule has 0 radical (unpaired) electrons. The smallest absolute Gasteiger partial charge is 0.0317 e. The molecule has 0 aliphatic rings. The van der Waals surface area contributed by atoms with Gasteiger partial charge in [0.1, 0.15) is 0 Å². The summed E-state index contributed by atoms with van der Waals surface area (Å²) in [4.78, 5) is 2.50. The van der Waals surface area contributed by atoms with Gasteiger partial charge in [-0.3, -0.25) is 4.90 Å². The van der Waals surface area contributed by atoms with Gasteiger partial charge in [0.05, 0.1) is 0 Å². The molecule has 0 atom stereocenters. The molecule has 0 aliphatic carbocycles. The summed E-state index contributed by atoms with van der Waals surface area (Å²) in [6.07, 6.45) is 1.16. The highest BCUT2D eigenvalue weighted by Crippen LogP contribution is 2.16. The van der Waals surface area contributed by atoms with E-state index in [-0.39, 0.29) is 0 Å². The van der Waals surface area contributed by atoms with Crippen LogP contribution in [0.2, 0.25) is 0 Å². The fraction of sp³-hybridized carbons (Fsp3) is 0.368. The Morgan fingerprint density at radius 3 is 2.52 bits per heavy atom. The molecule has 2 heteroatoms. The van der Waals surface area contributed by atoms with Crippen molar-refractivity contribution in [2.24, 2.45) is 0 Å². The van der Waals surface area contributed by atoms with E-state index in [4.69, 9.17) is 5.73 Å². The molecule has 0 heterocycles. The van der Waals surface area contributed by atoms with Crippen molar-refractivity contribution in [2.45, 2.75) is 40.3 Å². The molecule has 0 aliphatic heterocycles. The second-order valence-electron chi connectivity index (χ2n) is 5.89. The van der Waals surface area contributed by atoms with Crippen LogP contribution in [0.5, 0.6) is 0 Å². The highest BCUT2D eigenvalue weighted by atomic mass is 15.1. The van der Waals surface area contributed by atoms with Crippen molar-refractivity contribution < 1.29 is 0 Å². The van der Waals surface area contributed by atoms with E-state index in [0.717, 1.165) is 31.7 Å². The van der Waals surface area contributed by atoms with Gasteiger partial charge in [0.25, 0.3) is 0 Å². The Kier molecular flexibility index (Phi) is 5.40. The number of benzene rings is 2. The van der Waals surface area contributed by atoms with Gasteiger partial charge in [-0.25, -0.2) is 0 Å². The fourth-order valence-electron chi connectivity index (χ4n) is 2.69. The maximum absolute atomic E-state index is 5.89. The Morgan fingerprint density at radius 2 is 1.81 bits per heavy atom. The zero-order valence-electron chi connectivity index (χ0n) is 13.4. The standard InChI is InChI=1S/C19H26N2/c1-4-10-21(13-17-6-5-7-19(20)12-17)14-18-11-15(2)8-9-16(18)3/h5-9,11-12H,4,10,13-14,20H2,1-3H3. The zero-order chi connectivity index (χ0) is 15.2. The number of nitrogens with two attached hydrogens (primary N) is 1. The molecule has 2 nitrogen and oxygen atoms in total. The fourth-order valence-corrected chi connectivity index (χ4v) is 2.69. The van der Waals surface area contributed by atoms with Gasteiger partial charge in [-0.15, -0.1) is 0 Å². The predicted molar refractivity (Wildman–Crippen MR) is 91.2 cm³/mol. The molecule has 0 spiro atoms. The van der Waals surface area contributed by atoms with Gasteiger partial charge in [-0.1, -0.05) is 42.8 Å². The normalized spacial score (nSPS) is 11.0. The molecule has 2 N–H and O–H groups in total. The number of anilines is 1. The van der Waals surface area contributed by atoms with Gasteiger partial charge in [-0.05, 0) is 55.6 Å². The molecular formula is C19H26N2. The third-order valence-electron chi connectivity index (χ3n) is 3.80. The molecule has 21 heavy (non-hydrogen) atoms. The first-order chi connectivity index (χ1) is 10.1. The molecule has 0 saturated heterocycles. The lowest BCUT2D eigenvalue weighted by Gasteiger charge is -2.23. The third kappa shape index (κ3) is 4.61. The second-order valence-corrected chi connectivity index (χ2v) is 5.89. The Balaban J connectivity index is 2.13. The summed E-state index contributed by atoms with van der Waals surface area (Å²) in [5.41, 5.74) is 12.1. The van der Waals surface area contributed by atoms with E-state index < -0.39 is 0 Å². The monoisotopic (exact) mass is 282 g/mol. The molecule has 0 saturated carbocycles. The minimum atomic E-state index is 0.843. The summed E-state index contributed by atoms with van der Waals surface area (Å²) in [7, 11) is 0. The highest BCUT2D eigenvalue weighted by molar-refractivity contribution is 5.40. The summed E-state index contributed by atoms with van der Waals surface area (Å²) >= 11 is 0. The summed E-state index contributed by atoms with van der Waals surface area (Å²) in [5, 5.41) is 0. The van der Waals surface area contributed by atoms with Crippen LogP contribution in [0.25, 0.3) is 0 Å². The van der Waals surface area contributed by atoms with E-state index in [0.29, 0.717) is 0 Å². The van der Waals surface area contributed by atoms with Gasteiger partial charge in [0.15, 0.2) is 0 Å². The van der Waals surface area contributed by atoms with Crippen LogP contribution in [0.15, 0.2) is 42.5 Å². The van der Waals surface area contributed by atoms with Crippen molar-refractivity contribution in [1.29, 1.82) is 0 Å². The van der Waals surface area contributed by atoms with Gasteiger partial charge in [0.2, 0.25) is 0 Å². The van der Waals surface area contributed by atoms with E-state index in [1.54, 1.807) is 0 Å². The first-order valence-electron chi connectivity index (χ1n) is 7.71. The molecular weight excluding hydrogens is 256 g/mol. The van der Waals surface area contributed by atoms with Crippen molar-refractivity contribution in [3.63, 3.8) is 0 Å². The van der Waals surface area contributed by atoms with Gasteiger partial charge in [-0.2, -0.15) is 0 Å². The first kappa shape index (κ1) is 15.6. The van der Waals surface area contributed by atoms with Crippen molar-refractivity contribution in [1.82, 2.24) is 4.90 Å². The number of aryl methyl sites for hydroxylation is 2. The minimum absolute atomic E-state index is 0.843. The Morgan fingerprint density at radius 1 is 1.00 bits per heavy atom. The molecule has 0 fully saturated rings. The Labute approximate surface area is 128 Å². The lowest BCUT2D eigenvalue weighted by molar-refractivity contribution is 0.257. The number of rotatable bonds is 6. The van der Waals surface area contributed by atoms with E-state index in [1.165, 1.54) is 22.3 Å². The maximum Gasteiger partial charge on any atom is 0.0317 e. The quantitative estimate of drug-likeness (QED) is 0.800. The average molecular weight is 282 g/mol. The van der Waals surface area contributed by atoms with Crippen LogP contribution in [0.3, 0.4) is 0 Å². The van der Waals surface area contributed by atoms with Crippen molar-refractivity contribution in [3.8, 4) is 0 Å². The lowest BCUT2D eigenvalue weighted by Crippen LogP contribution is -2.24. The summed E-state index contributed by atoms with van der Waals surface area (Å²) in [6, 6.07) is 14.9. The molecule has 0 aromatic heterocycles. The first-order valence-corrected chi connectivity index (χ1v) is 7.71. The average Bonchev–Trinajstić information content (AvgIpc) is 2.43. The van der Waals surface area contributed by atoms with E-state index in [9.17, 15) is 0 Å². The third-order valence-corrected chi connectivity index (χ3v) is 3.80. The maximum atomic E-state index is 5.89. The molecule has 112 valence electrons. The second kappa shape index (κ2) is 7.28. The van der Waals surface area contributed by atoms with Crippen LogP contribution < -0.4 is 5.73 Å². The molecule has 0 unspecified atom stereocenters. The number of hydrogen-bond acceptors (Lipinski definition) is 2. The van der Waals surface area contributed by atoms with E-state index in [1.807, 2.05) is 12.1 Å². The predicted octanol–water partition coefficient (Wildman–Crippen LogP) is 4.30. The molecule has 0 amide bonds. The lowest BCUT2D eigenvalue weighted by atomic mass is 10.0. The van der Waals surface area contributed by atoms with E-state index in [2.05, 4.69) is 56.0 Å². The van der Waals surface area contributed by atoms with Crippen LogP contribution in [0.4, 0.5) is 5.69 Å². The Hall–Kier alpha value is -1.80. The van der Waals surface area contributed by atoms with Crippen LogP contribution >= 0.6 is 0 Å². The molecule has 0 bridgehead atoms.